The van der Waals surface area contributed by atoms with Crippen LogP contribution in [0.15, 0.2) is 0 Å². The standard InChI is InChI=1S/C13H21NO5/c1-8-10-11(9(5-14)6-17-8)19-13(3,16-4)12(2,7-15)18-10/h8-11,15H,6-7H2,1-4H3/t8-,9+,10+,11+,12+,13-/m0/s1. The number of ether oxygens (including phenoxy) is 4. The van der Waals surface area contributed by atoms with Crippen LogP contribution in [0.25, 0.3) is 0 Å². The molecule has 2 saturated heterocycles. The van der Waals surface area contributed by atoms with Gasteiger partial charge in [-0.2, -0.15) is 5.26 Å². The van der Waals surface area contributed by atoms with Gasteiger partial charge in [-0.3, -0.25) is 0 Å². The van der Waals surface area contributed by atoms with E-state index in [1.54, 1.807) is 13.8 Å². The van der Waals surface area contributed by atoms with Gasteiger partial charge in [0.2, 0.25) is 0 Å². The molecule has 108 valence electrons. The van der Waals surface area contributed by atoms with E-state index in [2.05, 4.69) is 6.07 Å². The zero-order valence-corrected chi connectivity index (χ0v) is 11.8. The topological polar surface area (TPSA) is 80.9 Å². The lowest BCUT2D eigenvalue weighted by molar-refractivity contribution is -0.412. The SMILES string of the molecule is CO[C@@]1(C)O[C@H]2[C@H](O[C@]1(C)CO)[C@H](C)OC[C@H]2C#N. The maximum atomic E-state index is 9.63. The molecule has 19 heavy (non-hydrogen) atoms. The molecule has 6 heteroatoms. The maximum absolute atomic E-state index is 9.63. The van der Waals surface area contributed by atoms with Gasteiger partial charge in [0.15, 0.2) is 5.79 Å². The predicted octanol–water partition coefficient (Wildman–Crippen LogP) is 0.442. The highest BCUT2D eigenvalue weighted by Gasteiger charge is 2.59. The second-order valence-electron chi connectivity index (χ2n) is 5.48. The number of hydrogen-bond acceptors (Lipinski definition) is 6. The zero-order chi connectivity index (χ0) is 14.3. The minimum absolute atomic E-state index is 0.193. The van der Waals surface area contributed by atoms with Gasteiger partial charge in [-0.05, 0) is 20.8 Å². The summed E-state index contributed by atoms with van der Waals surface area (Å²) in [6.07, 6.45) is -1.00. The lowest BCUT2D eigenvalue weighted by Crippen LogP contribution is -2.70. The Hall–Kier alpha value is -0.710. The summed E-state index contributed by atoms with van der Waals surface area (Å²) >= 11 is 0. The molecule has 2 fully saturated rings. The van der Waals surface area contributed by atoms with Gasteiger partial charge >= 0.3 is 0 Å². The van der Waals surface area contributed by atoms with Crippen molar-refractivity contribution in [3.63, 3.8) is 0 Å². The molecule has 6 atom stereocenters. The highest BCUT2D eigenvalue weighted by atomic mass is 16.8. The minimum atomic E-state index is -1.10. The smallest absolute Gasteiger partial charge is 0.196 e. The normalized spacial score (nSPS) is 50.3. The number of aliphatic hydroxyl groups is 1. The third kappa shape index (κ3) is 2.16. The number of methoxy groups -OCH3 is 1. The summed E-state index contributed by atoms with van der Waals surface area (Å²) in [7, 11) is 1.50. The molecule has 0 spiro atoms. The van der Waals surface area contributed by atoms with Gasteiger partial charge < -0.3 is 24.1 Å². The van der Waals surface area contributed by atoms with E-state index in [9.17, 15) is 10.4 Å². The molecule has 2 aliphatic heterocycles. The monoisotopic (exact) mass is 271 g/mol. The Bertz CT molecular complexity index is 384. The van der Waals surface area contributed by atoms with Crippen molar-refractivity contribution in [3.05, 3.63) is 0 Å². The number of fused-ring (bicyclic) bond motifs is 1. The van der Waals surface area contributed by atoms with Crippen molar-refractivity contribution < 1.29 is 24.1 Å². The van der Waals surface area contributed by atoms with Crippen molar-refractivity contribution in [2.75, 3.05) is 20.3 Å². The zero-order valence-electron chi connectivity index (χ0n) is 11.8. The lowest BCUT2D eigenvalue weighted by atomic mass is 9.87. The summed E-state index contributed by atoms with van der Waals surface area (Å²) in [6, 6.07) is 2.18. The fourth-order valence-electron chi connectivity index (χ4n) is 2.60. The highest BCUT2D eigenvalue weighted by molar-refractivity contribution is 5.05. The quantitative estimate of drug-likeness (QED) is 0.785. The van der Waals surface area contributed by atoms with Crippen LogP contribution in [-0.2, 0) is 18.9 Å². The summed E-state index contributed by atoms with van der Waals surface area (Å²) < 4.78 is 22.9. The molecule has 0 aromatic carbocycles. The molecule has 2 rings (SSSR count). The van der Waals surface area contributed by atoms with Crippen LogP contribution in [0, 0.1) is 17.2 Å². The molecule has 2 aliphatic rings. The lowest BCUT2D eigenvalue weighted by Gasteiger charge is -2.55. The van der Waals surface area contributed by atoms with Crippen LogP contribution in [-0.4, -0.2) is 55.1 Å². The van der Waals surface area contributed by atoms with E-state index in [1.165, 1.54) is 7.11 Å². The van der Waals surface area contributed by atoms with Crippen LogP contribution in [0.4, 0.5) is 0 Å². The number of hydrogen-bond donors (Lipinski definition) is 1. The summed E-state index contributed by atoms with van der Waals surface area (Å²) in [5.74, 6) is -1.51. The van der Waals surface area contributed by atoms with Crippen LogP contribution < -0.4 is 0 Å². The molecule has 0 bridgehead atoms. The Morgan fingerprint density at radius 3 is 2.58 bits per heavy atom. The Morgan fingerprint density at radius 1 is 1.37 bits per heavy atom. The Morgan fingerprint density at radius 2 is 2.05 bits per heavy atom. The number of nitrogens with zero attached hydrogens (tertiary/aromatic N) is 1. The van der Waals surface area contributed by atoms with Crippen molar-refractivity contribution in [3.8, 4) is 6.07 Å². The Labute approximate surface area is 113 Å². The molecule has 6 nitrogen and oxygen atoms in total. The van der Waals surface area contributed by atoms with Crippen LogP contribution >= 0.6 is 0 Å². The van der Waals surface area contributed by atoms with E-state index in [0.29, 0.717) is 6.61 Å². The van der Waals surface area contributed by atoms with E-state index in [0.717, 1.165) is 0 Å². The van der Waals surface area contributed by atoms with Crippen molar-refractivity contribution in [2.24, 2.45) is 5.92 Å². The predicted molar refractivity (Wildman–Crippen MR) is 65.2 cm³/mol. The van der Waals surface area contributed by atoms with E-state index >= 15 is 0 Å². The van der Waals surface area contributed by atoms with E-state index < -0.39 is 29.5 Å². The van der Waals surface area contributed by atoms with E-state index in [1.807, 2.05) is 6.92 Å². The summed E-state index contributed by atoms with van der Waals surface area (Å²) in [5, 5.41) is 18.8. The maximum Gasteiger partial charge on any atom is 0.196 e. The third-order valence-electron chi connectivity index (χ3n) is 4.30. The number of rotatable bonds is 2. The third-order valence-corrected chi connectivity index (χ3v) is 4.30. The molecule has 1 N–H and O–H groups in total. The minimum Gasteiger partial charge on any atom is -0.393 e. The molecule has 0 aromatic rings. The molecule has 0 aliphatic carbocycles. The molecule has 0 saturated carbocycles. The van der Waals surface area contributed by atoms with Gasteiger partial charge in [0.05, 0.1) is 31.3 Å². The average Bonchev–Trinajstić information content (AvgIpc) is 2.41. The second kappa shape index (κ2) is 5.00. The van der Waals surface area contributed by atoms with Gasteiger partial charge in [-0.25, -0.2) is 0 Å². The van der Waals surface area contributed by atoms with Crippen molar-refractivity contribution in [1.82, 2.24) is 0 Å². The van der Waals surface area contributed by atoms with E-state index in [4.69, 9.17) is 18.9 Å². The van der Waals surface area contributed by atoms with Gasteiger partial charge in [0.1, 0.15) is 17.8 Å². The molecule has 0 radical (unpaired) electrons. The number of aliphatic hydroxyl groups excluding tert-OH is 1. The Kier molecular flexibility index (Phi) is 3.87. The average molecular weight is 271 g/mol. The largest absolute Gasteiger partial charge is 0.393 e. The van der Waals surface area contributed by atoms with Gasteiger partial charge in [0, 0.05) is 7.11 Å². The molecule has 0 unspecified atom stereocenters. The van der Waals surface area contributed by atoms with Gasteiger partial charge in [-0.15, -0.1) is 0 Å². The molecule has 0 aromatic heterocycles. The molecule has 2 heterocycles. The first-order valence-electron chi connectivity index (χ1n) is 6.43. The highest BCUT2D eigenvalue weighted by Crippen LogP contribution is 2.43. The second-order valence-corrected chi connectivity index (χ2v) is 5.48. The first-order chi connectivity index (χ1) is 8.90. The van der Waals surface area contributed by atoms with Gasteiger partial charge in [-0.1, -0.05) is 0 Å². The fraction of sp³-hybridized carbons (Fsp3) is 0.923. The fourth-order valence-corrected chi connectivity index (χ4v) is 2.60. The molecular weight excluding hydrogens is 250 g/mol. The van der Waals surface area contributed by atoms with Crippen molar-refractivity contribution in [1.29, 1.82) is 5.26 Å². The van der Waals surface area contributed by atoms with Crippen LogP contribution in [0.3, 0.4) is 0 Å². The van der Waals surface area contributed by atoms with Crippen LogP contribution in [0.5, 0.6) is 0 Å². The number of nitriles is 1. The summed E-state index contributed by atoms with van der Waals surface area (Å²) in [5.41, 5.74) is -1.00. The van der Waals surface area contributed by atoms with Crippen molar-refractivity contribution in [2.45, 2.75) is 50.5 Å². The summed E-state index contributed by atoms with van der Waals surface area (Å²) in [6.45, 7) is 5.40. The molecular formula is C13H21NO5. The van der Waals surface area contributed by atoms with Crippen LogP contribution in [0.2, 0.25) is 0 Å². The summed E-state index contributed by atoms with van der Waals surface area (Å²) in [4.78, 5) is 0. The first kappa shape index (κ1) is 14.7. The molecule has 0 amide bonds. The van der Waals surface area contributed by atoms with Gasteiger partial charge in [0.25, 0.3) is 0 Å². The Balaban J connectivity index is 2.33. The van der Waals surface area contributed by atoms with Crippen molar-refractivity contribution >= 4 is 0 Å². The van der Waals surface area contributed by atoms with Crippen LogP contribution in [0.1, 0.15) is 20.8 Å². The first-order valence-corrected chi connectivity index (χ1v) is 6.43. The van der Waals surface area contributed by atoms with E-state index in [-0.39, 0.29) is 12.7 Å².